The number of ether oxygens (including phenoxy) is 1. The number of esters is 1. The molecule has 0 saturated carbocycles. The first-order valence-electron chi connectivity index (χ1n) is 8.35. The third-order valence-electron chi connectivity index (χ3n) is 4.08. The van der Waals surface area contributed by atoms with Crippen molar-refractivity contribution in [1.29, 1.82) is 0 Å². The zero-order chi connectivity index (χ0) is 17.5. The first-order chi connectivity index (χ1) is 12.3. The highest BCUT2D eigenvalue weighted by atomic mass is 35.5. The van der Waals surface area contributed by atoms with E-state index in [4.69, 9.17) is 4.74 Å². The molecule has 0 spiro atoms. The summed E-state index contributed by atoms with van der Waals surface area (Å²) in [6.07, 6.45) is 0. The Morgan fingerprint density at radius 3 is 1.42 bits per heavy atom. The summed E-state index contributed by atoms with van der Waals surface area (Å²) in [5.41, 5.74) is 0. The summed E-state index contributed by atoms with van der Waals surface area (Å²) < 4.78 is 5.30. The Kier molecular flexibility index (Phi) is 7.26. The van der Waals surface area contributed by atoms with E-state index in [0.717, 1.165) is 15.9 Å². The molecule has 0 aromatic heterocycles. The highest BCUT2D eigenvalue weighted by Crippen LogP contribution is 2.43. The molecule has 0 unspecified atom stereocenters. The lowest BCUT2D eigenvalue weighted by Gasteiger charge is -2.28. The highest BCUT2D eigenvalue weighted by Gasteiger charge is 2.26. The van der Waals surface area contributed by atoms with Crippen LogP contribution in [0.4, 0.5) is 0 Å². The SMILES string of the molecule is CCOC(=O)C=P(c1ccccc1)(c1ccccc1)c1ccccc1.Cl. The van der Waals surface area contributed by atoms with Crippen molar-refractivity contribution in [3.8, 4) is 0 Å². The molecule has 3 aromatic rings. The smallest absolute Gasteiger partial charge is 0.331 e. The van der Waals surface area contributed by atoms with Gasteiger partial charge in [0.05, 0.1) is 6.61 Å². The topological polar surface area (TPSA) is 26.3 Å². The quantitative estimate of drug-likeness (QED) is 0.494. The van der Waals surface area contributed by atoms with Crippen LogP contribution in [0.2, 0.25) is 0 Å². The van der Waals surface area contributed by atoms with Crippen LogP contribution in [0.3, 0.4) is 0 Å². The van der Waals surface area contributed by atoms with Crippen molar-refractivity contribution in [3.05, 3.63) is 91.0 Å². The Bertz CT molecular complexity index is 774. The summed E-state index contributed by atoms with van der Waals surface area (Å²) in [5.74, 6) is 1.53. The lowest BCUT2D eigenvalue weighted by atomic mass is 10.4. The van der Waals surface area contributed by atoms with Crippen LogP contribution in [-0.2, 0) is 9.53 Å². The predicted octanol–water partition coefficient (Wildman–Crippen LogP) is 3.77. The molecule has 4 heteroatoms. The van der Waals surface area contributed by atoms with Gasteiger partial charge in [0.25, 0.3) is 0 Å². The molecule has 0 aliphatic carbocycles. The largest absolute Gasteiger partial charge is 0.463 e. The van der Waals surface area contributed by atoms with Gasteiger partial charge in [-0.2, -0.15) is 0 Å². The van der Waals surface area contributed by atoms with Gasteiger partial charge in [-0.25, -0.2) is 4.79 Å². The summed E-state index contributed by atoms with van der Waals surface area (Å²) in [4.78, 5) is 12.5. The Balaban J connectivity index is 0.00000243. The van der Waals surface area contributed by atoms with Gasteiger partial charge in [-0.05, 0) is 29.7 Å². The first kappa shape index (κ1) is 20.0. The summed E-state index contributed by atoms with van der Waals surface area (Å²) >= 11 is 0. The van der Waals surface area contributed by atoms with Crippen LogP contribution in [-0.4, -0.2) is 18.4 Å². The van der Waals surface area contributed by atoms with Gasteiger partial charge in [-0.15, -0.1) is 12.4 Å². The third-order valence-corrected chi connectivity index (χ3v) is 8.01. The van der Waals surface area contributed by atoms with E-state index in [0.29, 0.717) is 6.61 Å². The minimum atomic E-state index is -2.24. The van der Waals surface area contributed by atoms with Gasteiger partial charge >= 0.3 is 5.97 Å². The van der Waals surface area contributed by atoms with Gasteiger partial charge < -0.3 is 4.74 Å². The molecule has 3 aromatic carbocycles. The minimum absolute atomic E-state index is 0. The highest BCUT2D eigenvalue weighted by molar-refractivity contribution is 7.95. The maximum atomic E-state index is 12.5. The zero-order valence-electron chi connectivity index (χ0n) is 14.6. The molecule has 134 valence electrons. The van der Waals surface area contributed by atoms with Crippen molar-refractivity contribution in [2.24, 2.45) is 0 Å². The summed E-state index contributed by atoms with van der Waals surface area (Å²) in [6, 6.07) is 30.7. The van der Waals surface area contributed by atoms with Gasteiger partial charge in [0.2, 0.25) is 0 Å². The molecular weight excluding hydrogens is 363 g/mol. The lowest BCUT2D eigenvalue weighted by molar-refractivity contribution is -0.134. The Morgan fingerprint density at radius 1 is 0.769 bits per heavy atom. The molecular formula is C22H22ClO2P. The number of carbonyl (C=O) groups is 1. The van der Waals surface area contributed by atoms with Crippen molar-refractivity contribution in [2.75, 3.05) is 6.61 Å². The van der Waals surface area contributed by atoms with Crippen molar-refractivity contribution < 1.29 is 9.53 Å². The molecule has 0 radical (unpaired) electrons. The number of carbonyl (C=O) groups excluding carboxylic acids is 1. The second kappa shape index (κ2) is 9.43. The van der Waals surface area contributed by atoms with Crippen LogP contribution in [0.1, 0.15) is 6.92 Å². The Morgan fingerprint density at radius 2 is 1.12 bits per heavy atom. The van der Waals surface area contributed by atoms with E-state index < -0.39 is 6.89 Å². The van der Waals surface area contributed by atoms with Crippen LogP contribution in [0.25, 0.3) is 0 Å². The predicted molar refractivity (Wildman–Crippen MR) is 115 cm³/mol. The molecule has 26 heavy (non-hydrogen) atoms. The first-order valence-corrected chi connectivity index (χ1v) is 10.2. The lowest BCUT2D eigenvalue weighted by Crippen LogP contribution is -2.29. The fourth-order valence-corrected chi connectivity index (χ4v) is 6.66. The molecule has 2 nitrogen and oxygen atoms in total. The van der Waals surface area contributed by atoms with Crippen molar-refractivity contribution >= 4 is 47.0 Å². The second-order valence-corrected chi connectivity index (χ2v) is 8.86. The van der Waals surface area contributed by atoms with Crippen LogP contribution < -0.4 is 15.9 Å². The number of rotatable bonds is 5. The van der Waals surface area contributed by atoms with Crippen LogP contribution >= 0.6 is 19.3 Å². The zero-order valence-corrected chi connectivity index (χ0v) is 16.3. The molecule has 0 atom stereocenters. The monoisotopic (exact) mass is 384 g/mol. The van der Waals surface area contributed by atoms with Gasteiger partial charge in [0.1, 0.15) is 0 Å². The molecule has 0 N–H and O–H groups in total. The van der Waals surface area contributed by atoms with Gasteiger partial charge in [-0.3, -0.25) is 0 Å². The van der Waals surface area contributed by atoms with Crippen molar-refractivity contribution in [1.82, 2.24) is 0 Å². The van der Waals surface area contributed by atoms with E-state index in [2.05, 4.69) is 36.4 Å². The molecule has 0 bridgehead atoms. The number of benzene rings is 3. The standard InChI is InChI=1S/C22H21O2P.ClH/c1-2-24-22(23)18-25(19-12-6-3-7-13-19,20-14-8-4-9-15-20)21-16-10-5-11-17-21;/h3-18H,2H2,1H3;1H. The Labute approximate surface area is 161 Å². The number of halogens is 1. The van der Waals surface area contributed by atoms with Gasteiger partial charge in [-0.1, -0.05) is 91.0 Å². The fourth-order valence-electron chi connectivity index (χ4n) is 3.00. The molecule has 0 aliphatic heterocycles. The average molecular weight is 385 g/mol. The maximum absolute atomic E-state index is 12.5. The number of hydrogen-bond donors (Lipinski definition) is 0. The van der Waals surface area contributed by atoms with E-state index in [1.54, 1.807) is 5.80 Å². The van der Waals surface area contributed by atoms with Gasteiger partial charge in [0, 0.05) is 5.80 Å². The van der Waals surface area contributed by atoms with E-state index >= 15 is 0 Å². The molecule has 0 aliphatic rings. The van der Waals surface area contributed by atoms with E-state index in [9.17, 15) is 4.79 Å². The minimum Gasteiger partial charge on any atom is -0.463 e. The van der Waals surface area contributed by atoms with E-state index in [-0.39, 0.29) is 18.4 Å². The third kappa shape index (κ3) is 4.09. The maximum Gasteiger partial charge on any atom is 0.331 e. The summed E-state index contributed by atoms with van der Waals surface area (Å²) in [6.45, 7) is -0.0371. The fraction of sp³-hybridized carbons (Fsp3) is 0.0909. The normalized spacial score (nSPS) is 10.5. The van der Waals surface area contributed by atoms with Crippen molar-refractivity contribution in [2.45, 2.75) is 6.92 Å². The van der Waals surface area contributed by atoms with Crippen LogP contribution in [0, 0.1) is 0 Å². The molecule has 0 saturated heterocycles. The molecule has 0 heterocycles. The second-order valence-electron chi connectivity index (χ2n) is 5.61. The average Bonchev–Trinajstić information content (AvgIpc) is 2.68. The summed E-state index contributed by atoms with van der Waals surface area (Å²) in [5, 5.41) is 3.42. The summed E-state index contributed by atoms with van der Waals surface area (Å²) in [7, 11) is 0. The molecule has 0 amide bonds. The molecule has 0 fully saturated rings. The van der Waals surface area contributed by atoms with Crippen LogP contribution in [0.5, 0.6) is 0 Å². The molecule has 3 rings (SSSR count). The van der Waals surface area contributed by atoms with Gasteiger partial charge in [0.15, 0.2) is 0 Å². The van der Waals surface area contributed by atoms with Crippen molar-refractivity contribution in [3.63, 3.8) is 0 Å². The number of hydrogen-bond acceptors (Lipinski definition) is 2. The van der Waals surface area contributed by atoms with E-state index in [1.807, 2.05) is 61.5 Å². The Hall–Kier alpha value is -2.28. The van der Waals surface area contributed by atoms with Crippen LogP contribution in [0.15, 0.2) is 91.0 Å². The van der Waals surface area contributed by atoms with E-state index in [1.165, 1.54) is 0 Å².